The minimum Gasteiger partial charge on any atom is -0.490 e. The highest BCUT2D eigenvalue weighted by Crippen LogP contribution is 2.38. The molecule has 0 saturated heterocycles. The van der Waals surface area contributed by atoms with Crippen molar-refractivity contribution >= 4 is 46.0 Å². The first kappa shape index (κ1) is 44.1. The molecule has 0 radical (unpaired) electrons. The maximum absolute atomic E-state index is 12.8. The Morgan fingerprint density at radius 2 is 1.37 bits per heavy atom. The van der Waals surface area contributed by atoms with Crippen LogP contribution in [0.2, 0.25) is 0 Å². The number of anilines is 2. The molecule has 19 heteroatoms. The number of primary amides is 1. The number of carbonyl (C=O) groups excluding carboxylic acids is 2. The molecule has 1 aromatic heterocycles. The fraction of sp³-hybridized carbons (Fsp3) is 0.286. The second-order valence-electron chi connectivity index (χ2n) is 10.7. The van der Waals surface area contributed by atoms with E-state index in [0.717, 1.165) is 22.4 Å². The lowest BCUT2D eigenvalue weighted by molar-refractivity contribution is -0.193. The summed E-state index contributed by atoms with van der Waals surface area (Å²) >= 11 is 0. The van der Waals surface area contributed by atoms with Crippen LogP contribution < -0.4 is 31.6 Å². The van der Waals surface area contributed by atoms with Crippen LogP contribution in [0.1, 0.15) is 53.9 Å². The molecular weight excluding hydrogens is 732 g/mol. The number of nitrogens with two attached hydrogens (primary N) is 2. The van der Waals surface area contributed by atoms with E-state index in [4.69, 9.17) is 40.7 Å². The quantitative estimate of drug-likeness (QED) is 0.0916. The number of pyridine rings is 1. The zero-order valence-electron chi connectivity index (χ0n) is 29.0. The summed E-state index contributed by atoms with van der Waals surface area (Å²) in [4.78, 5) is 47.5. The third kappa shape index (κ3) is 12.5. The van der Waals surface area contributed by atoms with Gasteiger partial charge in [-0.2, -0.15) is 26.3 Å². The number of hydrogen-bond acceptors (Lipinski definition) is 9. The molecule has 13 nitrogen and oxygen atoms in total. The number of amides is 2. The molecule has 3 aromatic carbocycles. The molecule has 2 amide bonds. The Labute approximate surface area is 304 Å². The van der Waals surface area contributed by atoms with E-state index in [1.807, 2.05) is 75.4 Å². The van der Waals surface area contributed by atoms with Gasteiger partial charge in [-0.05, 0) is 49.1 Å². The van der Waals surface area contributed by atoms with Crippen LogP contribution in [0.3, 0.4) is 0 Å². The molecule has 0 bridgehead atoms. The number of rotatable bonds is 12. The SMILES string of the molecule is CCOc1cc2ncc(C(N)=O)c(Nc3cccc(CNC(=O)[C@@H](N)c4ccccc4)c3CC)c2cc1OCC.O=C(O)C(F)(F)F.O=C(O)C(F)(F)F. The topological polar surface area (TPSA) is 216 Å². The average molecular weight is 770 g/mol. The van der Waals surface area contributed by atoms with Crippen LogP contribution >= 0.6 is 0 Å². The molecule has 0 spiro atoms. The van der Waals surface area contributed by atoms with E-state index in [-0.39, 0.29) is 11.5 Å². The summed E-state index contributed by atoms with van der Waals surface area (Å²) in [5, 5.41) is 21.3. The molecule has 0 unspecified atom stereocenters. The summed E-state index contributed by atoms with van der Waals surface area (Å²) in [6.45, 7) is 7.02. The van der Waals surface area contributed by atoms with Crippen molar-refractivity contribution in [2.24, 2.45) is 11.5 Å². The predicted molar refractivity (Wildman–Crippen MR) is 184 cm³/mol. The molecular formula is C35H37F6N5O8. The lowest BCUT2D eigenvalue weighted by Gasteiger charge is -2.20. The minimum absolute atomic E-state index is 0.244. The zero-order valence-corrected chi connectivity index (χ0v) is 29.0. The van der Waals surface area contributed by atoms with Gasteiger partial charge in [0.05, 0.1) is 30.0 Å². The van der Waals surface area contributed by atoms with Crippen molar-refractivity contribution in [3.63, 3.8) is 0 Å². The fourth-order valence-electron chi connectivity index (χ4n) is 4.63. The van der Waals surface area contributed by atoms with Gasteiger partial charge in [0, 0.05) is 29.9 Å². The van der Waals surface area contributed by atoms with Crippen molar-refractivity contribution < 1.29 is 65.2 Å². The highest BCUT2D eigenvalue weighted by molar-refractivity contribution is 6.08. The van der Waals surface area contributed by atoms with E-state index in [1.165, 1.54) is 6.20 Å². The van der Waals surface area contributed by atoms with Gasteiger partial charge >= 0.3 is 24.3 Å². The van der Waals surface area contributed by atoms with Crippen molar-refractivity contribution in [2.75, 3.05) is 18.5 Å². The number of carbonyl (C=O) groups is 4. The maximum Gasteiger partial charge on any atom is 0.490 e. The normalized spacial score (nSPS) is 11.5. The molecule has 4 rings (SSSR count). The first-order valence-electron chi connectivity index (χ1n) is 15.8. The molecule has 1 atom stereocenters. The van der Waals surface area contributed by atoms with Gasteiger partial charge in [0.1, 0.15) is 6.04 Å². The number of halogens is 6. The molecule has 0 fully saturated rings. The Kier molecular flexibility index (Phi) is 16.0. The third-order valence-corrected chi connectivity index (χ3v) is 7.06. The maximum atomic E-state index is 12.8. The molecule has 0 aliphatic rings. The summed E-state index contributed by atoms with van der Waals surface area (Å²) in [6.07, 6.45) is -8.03. The van der Waals surface area contributed by atoms with Crippen LogP contribution in [0.15, 0.2) is 66.9 Å². The van der Waals surface area contributed by atoms with Gasteiger partial charge in [-0.1, -0.05) is 49.4 Å². The van der Waals surface area contributed by atoms with Crippen molar-refractivity contribution in [1.29, 1.82) is 0 Å². The minimum atomic E-state index is -5.08. The highest BCUT2D eigenvalue weighted by atomic mass is 19.4. The van der Waals surface area contributed by atoms with E-state index in [1.54, 1.807) is 6.07 Å². The number of nitrogens with one attached hydrogen (secondary N) is 2. The third-order valence-electron chi connectivity index (χ3n) is 7.06. The Morgan fingerprint density at radius 3 is 1.85 bits per heavy atom. The number of aliphatic carboxylic acids is 2. The molecule has 0 saturated carbocycles. The number of nitrogens with zero attached hydrogens (tertiary/aromatic N) is 1. The summed E-state index contributed by atoms with van der Waals surface area (Å²) in [5.41, 5.74) is 16.7. The van der Waals surface area contributed by atoms with E-state index in [9.17, 15) is 35.9 Å². The predicted octanol–water partition coefficient (Wildman–Crippen LogP) is 6.02. The van der Waals surface area contributed by atoms with Gasteiger partial charge in [0.2, 0.25) is 5.91 Å². The number of aromatic nitrogens is 1. The highest BCUT2D eigenvalue weighted by Gasteiger charge is 2.39. The number of alkyl halides is 6. The van der Waals surface area contributed by atoms with E-state index in [2.05, 4.69) is 15.6 Å². The molecule has 54 heavy (non-hydrogen) atoms. The molecule has 8 N–H and O–H groups in total. The number of carboxylic acid groups (broad SMARTS) is 2. The lowest BCUT2D eigenvalue weighted by Crippen LogP contribution is -2.33. The van der Waals surface area contributed by atoms with Crippen molar-refractivity contribution in [1.82, 2.24) is 10.3 Å². The van der Waals surface area contributed by atoms with E-state index >= 15 is 0 Å². The smallest absolute Gasteiger partial charge is 0.490 e. The first-order valence-corrected chi connectivity index (χ1v) is 15.8. The number of benzene rings is 3. The Hall–Kier alpha value is -6.11. The largest absolute Gasteiger partial charge is 0.490 e. The summed E-state index contributed by atoms with van der Waals surface area (Å²) in [6, 6.07) is 17.9. The van der Waals surface area contributed by atoms with Gasteiger partial charge in [-0.3, -0.25) is 14.6 Å². The van der Waals surface area contributed by atoms with Gasteiger partial charge in [0.25, 0.3) is 5.91 Å². The second kappa shape index (κ2) is 19.6. The van der Waals surface area contributed by atoms with Gasteiger partial charge in [-0.15, -0.1) is 0 Å². The Morgan fingerprint density at radius 1 is 0.833 bits per heavy atom. The van der Waals surface area contributed by atoms with Gasteiger partial charge in [-0.25, -0.2) is 9.59 Å². The summed E-state index contributed by atoms with van der Waals surface area (Å²) in [5.74, 6) is -5.27. The molecule has 0 aliphatic heterocycles. The van der Waals surface area contributed by atoms with Crippen LogP contribution in [-0.4, -0.2) is 64.5 Å². The molecule has 0 aliphatic carbocycles. The van der Waals surface area contributed by atoms with E-state index < -0.39 is 36.2 Å². The van der Waals surface area contributed by atoms with Crippen molar-refractivity contribution in [3.05, 3.63) is 89.1 Å². The molecule has 292 valence electrons. The zero-order chi connectivity index (χ0) is 40.8. The van der Waals surface area contributed by atoms with Crippen LogP contribution in [-0.2, 0) is 27.3 Å². The average Bonchev–Trinajstić information content (AvgIpc) is 3.11. The van der Waals surface area contributed by atoms with Gasteiger partial charge < -0.3 is 41.8 Å². The number of hydrogen-bond donors (Lipinski definition) is 6. The Bertz CT molecular complexity index is 1900. The lowest BCUT2D eigenvalue weighted by atomic mass is 10.0. The van der Waals surface area contributed by atoms with Crippen LogP contribution in [0, 0.1) is 0 Å². The van der Waals surface area contributed by atoms with Crippen molar-refractivity contribution in [2.45, 2.75) is 52.1 Å². The number of carboxylic acids is 2. The standard InChI is InChI=1S/C31H35N5O4.2C2HF3O2/c1-4-21-20(17-35-31(38)28(32)19-11-8-7-9-12-19)13-10-14-24(21)36-29-22-15-26(39-5-2)27(40-6-3)16-25(22)34-18-23(29)30(33)37;2*3-2(4,5)1(6)7/h7-16,18,28H,4-6,17,32H2,1-3H3,(H2,33,37)(H,34,36)(H,35,38);2*(H,6,7)/t28-;;/m0../s1. The summed E-state index contributed by atoms with van der Waals surface area (Å²) < 4.78 is 75.1. The second-order valence-corrected chi connectivity index (χ2v) is 10.7. The van der Waals surface area contributed by atoms with Crippen LogP contribution in [0.25, 0.3) is 10.9 Å². The first-order chi connectivity index (χ1) is 25.3. The summed E-state index contributed by atoms with van der Waals surface area (Å²) in [7, 11) is 0. The van der Waals surface area contributed by atoms with Crippen LogP contribution in [0.4, 0.5) is 37.7 Å². The van der Waals surface area contributed by atoms with Crippen molar-refractivity contribution in [3.8, 4) is 11.5 Å². The molecule has 1 heterocycles. The number of fused-ring (bicyclic) bond motifs is 1. The van der Waals surface area contributed by atoms with Gasteiger partial charge in [0.15, 0.2) is 11.5 Å². The molecule has 4 aromatic rings. The fourth-order valence-corrected chi connectivity index (χ4v) is 4.63. The van der Waals surface area contributed by atoms with Crippen LogP contribution in [0.5, 0.6) is 11.5 Å². The van der Waals surface area contributed by atoms with E-state index in [0.29, 0.717) is 54.3 Å². The number of ether oxygens (including phenoxy) is 2. The monoisotopic (exact) mass is 769 g/mol. The Balaban J connectivity index is 0.000000610.